The van der Waals surface area contributed by atoms with E-state index in [-0.39, 0.29) is 0 Å². The summed E-state index contributed by atoms with van der Waals surface area (Å²) in [6.45, 7) is 6.33. The number of nitrogens with zero attached hydrogens (tertiary/aromatic N) is 2. The average molecular weight is 169 g/mol. The maximum absolute atomic E-state index is 10.3. The van der Waals surface area contributed by atoms with Crippen molar-refractivity contribution in [2.45, 2.75) is 6.04 Å². The Kier molecular flexibility index (Phi) is 2.28. The van der Waals surface area contributed by atoms with Crippen LogP contribution in [0, 0.1) is 0 Å². The standard InChI is InChI=1S/C8H15N3O/c12-7-10-5-8(6-10)11-3-1-9-2-4-11/h7-9H,1-6H2. The first-order chi connectivity index (χ1) is 5.90. The van der Waals surface area contributed by atoms with Crippen molar-refractivity contribution in [1.29, 1.82) is 0 Å². The number of amides is 1. The smallest absolute Gasteiger partial charge is 0.209 e. The van der Waals surface area contributed by atoms with Crippen molar-refractivity contribution in [2.24, 2.45) is 0 Å². The maximum Gasteiger partial charge on any atom is 0.209 e. The number of hydrogen-bond donors (Lipinski definition) is 1. The Morgan fingerprint density at radius 2 is 1.92 bits per heavy atom. The number of likely N-dealkylation sites (tertiary alicyclic amines) is 1. The molecule has 0 aromatic carbocycles. The maximum atomic E-state index is 10.3. The Morgan fingerprint density at radius 1 is 1.25 bits per heavy atom. The van der Waals surface area contributed by atoms with E-state index in [1.54, 1.807) is 0 Å². The van der Waals surface area contributed by atoms with Crippen LogP contribution >= 0.6 is 0 Å². The molecule has 12 heavy (non-hydrogen) atoms. The highest BCUT2D eigenvalue weighted by Gasteiger charge is 2.30. The molecule has 0 unspecified atom stereocenters. The van der Waals surface area contributed by atoms with Crippen molar-refractivity contribution in [3.05, 3.63) is 0 Å². The van der Waals surface area contributed by atoms with Crippen LogP contribution in [0.2, 0.25) is 0 Å². The average Bonchev–Trinajstić information content (AvgIpc) is 2.04. The molecule has 2 heterocycles. The first kappa shape index (κ1) is 8.01. The van der Waals surface area contributed by atoms with E-state index in [0.29, 0.717) is 6.04 Å². The highest BCUT2D eigenvalue weighted by atomic mass is 16.1. The Morgan fingerprint density at radius 3 is 2.50 bits per heavy atom. The number of hydrogen-bond acceptors (Lipinski definition) is 3. The van der Waals surface area contributed by atoms with Gasteiger partial charge in [0.25, 0.3) is 0 Å². The summed E-state index contributed by atoms with van der Waals surface area (Å²) in [6, 6.07) is 0.636. The summed E-state index contributed by atoms with van der Waals surface area (Å²) in [7, 11) is 0. The third kappa shape index (κ3) is 1.44. The largest absolute Gasteiger partial charge is 0.342 e. The van der Waals surface area contributed by atoms with Crippen LogP contribution in [0.4, 0.5) is 0 Å². The number of nitrogens with one attached hydrogen (secondary N) is 1. The molecule has 0 aliphatic carbocycles. The summed E-state index contributed by atoms with van der Waals surface area (Å²) in [5, 5.41) is 3.32. The number of carbonyl (C=O) groups is 1. The second-order valence-corrected chi connectivity index (χ2v) is 3.50. The second kappa shape index (κ2) is 3.41. The molecule has 1 amide bonds. The SMILES string of the molecule is O=CN1CC(N2CCNCC2)C1. The Labute approximate surface area is 72.5 Å². The van der Waals surface area contributed by atoms with Crippen LogP contribution in [0.25, 0.3) is 0 Å². The molecule has 2 aliphatic heterocycles. The summed E-state index contributed by atoms with van der Waals surface area (Å²) in [6.07, 6.45) is 0.943. The molecular weight excluding hydrogens is 154 g/mol. The molecule has 2 fully saturated rings. The fraction of sp³-hybridized carbons (Fsp3) is 0.875. The first-order valence-electron chi connectivity index (χ1n) is 4.54. The monoisotopic (exact) mass is 169 g/mol. The third-order valence-electron chi connectivity index (χ3n) is 2.71. The lowest BCUT2D eigenvalue weighted by Crippen LogP contribution is -2.62. The van der Waals surface area contributed by atoms with Crippen LogP contribution in [0.5, 0.6) is 0 Å². The summed E-state index contributed by atoms with van der Waals surface area (Å²) < 4.78 is 0. The van der Waals surface area contributed by atoms with Crippen LogP contribution in [-0.4, -0.2) is 61.5 Å². The van der Waals surface area contributed by atoms with Crippen LogP contribution in [0.15, 0.2) is 0 Å². The first-order valence-corrected chi connectivity index (χ1v) is 4.54. The lowest BCUT2D eigenvalue weighted by atomic mass is 10.1. The van der Waals surface area contributed by atoms with Crippen LogP contribution in [0.3, 0.4) is 0 Å². The predicted molar refractivity (Wildman–Crippen MR) is 45.9 cm³/mol. The van der Waals surface area contributed by atoms with Gasteiger partial charge in [-0.1, -0.05) is 0 Å². The van der Waals surface area contributed by atoms with Gasteiger partial charge in [0.05, 0.1) is 0 Å². The van der Waals surface area contributed by atoms with Gasteiger partial charge in [-0.15, -0.1) is 0 Å². The molecule has 2 aliphatic rings. The van der Waals surface area contributed by atoms with E-state index in [1.807, 2.05) is 4.90 Å². The van der Waals surface area contributed by atoms with Crippen molar-refractivity contribution in [2.75, 3.05) is 39.3 Å². The minimum Gasteiger partial charge on any atom is -0.342 e. The fourth-order valence-corrected chi connectivity index (χ4v) is 1.85. The number of carbonyl (C=O) groups excluding carboxylic acids is 1. The summed E-state index contributed by atoms with van der Waals surface area (Å²) in [5.74, 6) is 0. The van der Waals surface area contributed by atoms with Crippen LogP contribution < -0.4 is 5.32 Å². The molecule has 1 N–H and O–H groups in total. The minimum absolute atomic E-state index is 0.636. The third-order valence-corrected chi connectivity index (χ3v) is 2.71. The summed E-state index contributed by atoms with van der Waals surface area (Å²) >= 11 is 0. The van der Waals surface area contributed by atoms with Crippen molar-refractivity contribution in [3.8, 4) is 0 Å². The fourth-order valence-electron chi connectivity index (χ4n) is 1.85. The normalized spacial score (nSPS) is 26.8. The molecule has 0 saturated carbocycles. The molecule has 0 atom stereocenters. The highest BCUT2D eigenvalue weighted by molar-refractivity contribution is 5.49. The van der Waals surface area contributed by atoms with Crippen molar-refractivity contribution in [3.63, 3.8) is 0 Å². The van der Waals surface area contributed by atoms with Gasteiger partial charge in [-0.25, -0.2) is 0 Å². The van der Waals surface area contributed by atoms with E-state index < -0.39 is 0 Å². The van der Waals surface area contributed by atoms with Gasteiger partial charge in [-0.2, -0.15) is 0 Å². The van der Waals surface area contributed by atoms with Gasteiger partial charge in [-0.05, 0) is 0 Å². The molecule has 0 aromatic rings. The van der Waals surface area contributed by atoms with E-state index >= 15 is 0 Å². The van der Waals surface area contributed by atoms with Gasteiger partial charge < -0.3 is 10.2 Å². The van der Waals surface area contributed by atoms with E-state index in [2.05, 4.69) is 10.2 Å². The summed E-state index contributed by atoms with van der Waals surface area (Å²) in [4.78, 5) is 14.6. The molecule has 2 saturated heterocycles. The van der Waals surface area contributed by atoms with Gasteiger partial charge in [0.1, 0.15) is 0 Å². The minimum atomic E-state index is 0.636. The van der Waals surface area contributed by atoms with E-state index in [1.165, 1.54) is 0 Å². The molecule has 0 radical (unpaired) electrons. The molecule has 4 nitrogen and oxygen atoms in total. The number of piperazine rings is 1. The lowest BCUT2D eigenvalue weighted by molar-refractivity contribution is -0.125. The molecule has 4 heteroatoms. The van der Waals surface area contributed by atoms with Gasteiger partial charge in [-0.3, -0.25) is 9.69 Å². The molecule has 2 rings (SSSR count). The molecular formula is C8H15N3O. The van der Waals surface area contributed by atoms with Crippen molar-refractivity contribution >= 4 is 6.41 Å². The zero-order valence-electron chi connectivity index (χ0n) is 7.20. The van der Waals surface area contributed by atoms with Crippen LogP contribution in [0.1, 0.15) is 0 Å². The number of rotatable bonds is 2. The van der Waals surface area contributed by atoms with E-state index in [9.17, 15) is 4.79 Å². The zero-order chi connectivity index (χ0) is 8.39. The molecule has 0 bridgehead atoms. The van der Waals surface area contributed by atoms with Gasteiger partial charge in [0, 0.05) is 45.3 Å². The Hall–Kier alpha value is -0.610. The van der Waals surface area contributed by atoms with Gasteiger partial charge in [0.2, 0.25) is 6.41 Å². The van der Waals surface area contributed by atoms with Gasteiger partial charge >= 0.3 is 0 Å². The van der Waals surface area contributed by atoms with Crippen molar-refractivity contribution in [1.82, 2.24) is 15.1 Å². The zero-order valence-corrected chi connectivity index (χ0v) is 7.20. The van der Waals surface area contributed by atoms with Gasteiger partial charge in [0.15, 0.2) is 0 Å². The molecule has 0 aromatic heterocycles. The second-order valence-electron chi connectivity index (χ2n) is 3.50. The highest BCUT2D eigenvalue weighted by Crippen LogP contribution is 2.12. The van der Waals surface area contributed by atoms with Crippen molar-refractivity contribution < 1.29 is 4.79 Å². The Balaban J connectivity index is 1.75. The molecule has 68 valence electrons. The molecule has 0 spiro atoms. The quantitative estimate of drug-likeness (QED) is 0.524. The Bertz CT molecular complexity index is 162. The topological polar surface area (TPSA) is 35.6 Å². The lowest BCUT2D eigenvalue weighted by Gasteiger charge is -2.45. The van der Waals surface area contributed by atoms with Crippen LogP contribution in [-0.2, 0) is 4.79 Å². The van der Waals surface area contributed by atoms with E-state index in [0.717, 1.165) is 45.7 Å². The predicted octanol–water partition coefficient (Wildman–Crippen LogP) is -1.27. The summed E-state index contributed by atoms with van der Waals surface area (Å²) in [5.41, 5.74) is 0. The van der Waals surface area contributed by atoms with E-state index in [4.69, 9.17) is 0 Å².